The molecule has 0 spiro atoms. The van der Waals surface area contributed by atoms with E-state index in [-0.39, 0.29) is 0 Å². The third-order valence-electron chi connectivity index (χ3n) is 2.15. The Hall–Kier alpha value is -1.18. The average molecular weight is 232 g/mol. The van der Waals surface area contributed by atoms with E-state index >= 15 is 0 Å². The minimum atomic E-state index is -1.08. The van der Waals surface area contributed by atoms with E-state index < -0.39 is 30.5 Å². The van der Waals surface area contributed by atoms with Crippen LogP contribution in [0.3, 0.4) is 0 Å². The summed E-state index contributed by atoms with van der Waals surface area (Å²) >= 11 is 0. The van der Waals surface area contributed by atoms with E-state index in [4.69, 9.17) is 22.3 Å². The second-order valence-corrected chi connectivity index (χ2v) is 3.54. The largest absolute Gasteiger partial charge is 0.394 e. The summed E-state index contributed by atoms with van der Waals surface area (Å²) in [5.74, 6) is -1.28. The maximum atomic E-state index is 11.4. The Balaban J connectivity index is 3.98. The van der Waals surface area contributed by atoms with Gasteiger partial charge in [0.05, 0.1) is 12.6 Å². The summed E-state index contributed by atoms with van der Waals surface area (Å²) in [6.45, 7) is 0.0193. The lowest BCUT2D eigenvalue weighted by Crippen LogP contribution is -2.52. The van der Waals surface area contributed by atoms with Gasteiger partial charge in [-0.05, 0) is 19.4 Å². The summed E-state index contributed by atoms with van der Waals surface area (Å²) in [4.78, 5) is 22.2. The second-order valence-electron chi connectivity index (χ2n) is 3.54. The Kier molecular flexibility index (Phi) is 7.44. The molecule has 0 unspecified atom stereocenters. The highest BCUT2D eigenvalue weighted by molar-refractivity contribution is 5.88. The van der Waals surface area contributed by atoms with E-state index in [9.17, 15) is 9.59 Å². The number of carbonyl (C=O) groups is 2. The summed E-state index contributed by atoms with van der Waals surface area (Å²) in [7, 11) is 0. The minimum absolute atomic E-state index is 0.486. The number of nitrogens with one attached hydrogen (secondary N) is 1. The first kappa shape index (κ1) is 14.8. The first-order valence-corrected chi connectivity index (χ1v) is 5.19. The fourth-order valence-corrected chi connectivity index (χ4v) is 1.13. The van der Waals surface area contributed by atoms with Gasteiger partial charge >= 0.3 is 0 Å². The SMILES string of the molecule is NCCCC[C@H](N)C(=O)N[C@@H](CO)C(N)=O. The zero-order chi connectivity index (χ0) is 12.6. The molecule has 7 heteroatoms. The van der Waals surface area contributed by atoms with Crippen molar-refractivity contribution in [3.63, 3.8) is 0 Å². The van der Waals surface area contributed by atoms with Gasteiger partial charge in [0.1, 0.15) is 6.04 Å². The fraction of sp³-hybridized carbons (Fsp3) is 0.778. The highest BCUT2D eigenvalue weighted by Gasteiger charge is 2.20. The van der Waals surface area contributed by atoms with Crippen molar-refractivity contribution in [3.05, 3.63) is 0 Å². The third kappa shape index (κ3) is 5.64. The van der Waals surface area contributed by atoms with Crippen molar-refractivity contribution in [2.24, 2.45) is 17.2 Å². The summed E-state index contributed by atoms with van der Waals surface area (Å²) in [5.41, 5.74) is 15.8. The standard InChI is InChI=1S/C9H20N4O3/c10-4-2-1-3-6(11)9(16)13-7(5-14)8(12)15/h6-7,14H,1-5,10-11H2,(H2,12,15)(H,13,16)/t6-,7-/m0/s1. The summed E-state index contributed by atoms with van der Waals surface area (Å²) < 4.78 is 0. The van der Waals surface area contributed by atoms with Gasteiger partial charge in [-0.2, -0.15) is 0 Å². The molecule has 0 aliphatic heterocycles. The maximum absolute atomic E-state index is 11.4. The van der Waals surface area contributed by atoms with Crippen LogP contribution >= 0.6 is 0 Å². The van der Waals surface area contributed by atoms with Crippen molar-refractivity contribution in [2.75, 3.05) is 13.2 Å². The minimum Gasteiger partial charge on any atom is -0.394 e. The normalized spacial score (nSPS) is 14.2. The number of amides is 2. The molecule has 0 bridgehead atoms. The molecule has 7 nitrogen and oxygen atoms in total. The number of hydrogen-bond donors (Lipinski definition) is 5. The van der Waals surface area contributed by atoms with Crippen LogP contribution in [0.15, 0.2) is 0 Å². The number of aliphatic hydroxyl groups excluding tert-OH is 1. The molecule has 0 saturated heterocycles. The first-order chi connectivity index (χ1) is 7.52. The van der Waals surface area contributed by atoms with Gasteiger partial charge in [-0.15, -0.1) is 0 Å². The van der Waals surface area contributed by atoms with Crippen LogP contribution in [0, 0.1) is 0 Å². The van der Waals surface area contributed by atoms with Crippen LogP contribution in [0.25, 0.3) is 0 Å². The molecule has 0 radical (unpaired) electrons. The first-order valence-electron chi connectivity index (χ1n) is 5.19. The summed E-state index contributed by atoms with van der Waals surface area (Å²) in [6, 6.07) is -1.78. The Morgan fingerprint density at radius 1 is 1.31 bits per heavy atom. The predicted octanol–water partition coefficient (Wildman–Crippen LogP) is -2.59. The van der Waals surface area contributed by atoms with E-state index in [1.807, 2.05) is 0 Å². The zero-order valence-electron chi connectivity index (χ0n) is 9.19. The van der Waals surface area contributed by atoms with E-state index in [1.165, 1.54) is 0 Å². The molecular formula is C9H20N4O3. The third-order valence-corrected chi connectivity index (χ3v) is 2.15. The number of rotatable bonds is 8. The molecule has 8 N–H and O–H groups in total. The molecule has 2 atom stereocenters. The fourth-order valence-electron chi connectivity index (χ4n) is 1.13. The number of nitrogens with two attached hydrogens (primary N) is 3. The van der Waals surface area contributed by atoms with E-state index in [0.717, 1.165) is 12.8 Å². The topological polar surface area (TPSA) is 144 Å². The number of aliphatic hydroxyl groups is 1. The smallest absolute Gasteiger partial charge is 0.242 e. The van der Waals surface area contributed by atoms with Gasteiger partial charge in [-0.1, -0.05) is 6.42 Å². The highest BCUT2D eigenvalue weighted by Crippen LogP contribution is 1.98. The molecular weight excluding hydrogens is 212 g/mol. The van der Waals surface area contributed by atoms with Gasteiger partial charge in [0.15, 0.2) is 0 Å². The monoisotopic (exact) mass is 232 g/mol. The van der Waals surface area contributed by atoms with E-state index in [2.05, 4.69) is 5.32 Å². The average Bonchev–Trinajstić information content (AvgIpc) is 2.25. The maximum Gasteiger partial charge on any atom is 0.242 e. The molecule has 0 aromatic rings. The lowest BCUT2D eigenvalue weighted by molar-refractivity contribution is -0.129. The van der Waals surface area contributed by atoms with Crippen LogP contribution < -0.4 is 22.5 Å². The van der Waals surface area contributed by atoms with E-state index in [0.29, 0.717) is 13.0 Å². The molecule has 0 aromatic carbocycles. The molecule has 16 heavy (non-hydrogen) atoms. The highest BCUT2D eigenvalue weighted by atomic mass is 16.3. The summed E-state index contributed by atoms with van der Waals surface area (Å²) in [6.07, 6.45) is 2.02. The second kappa shape index (κ2) is 8.03. The van der Waals surface area contributed by atoms with Crippen molar-refractivity contribution in [1.29, 1.82) is 0 Å². The van der Waals surface area contributed by atoms with Crippen LogP contribution in [0.4, 0.5) is 0 Å². The number of unbranched alkanes of at least 4 members (excludes halogenated alkanes) is 1. The molecule has 0 saturated carbocycles. The Bertz CT molecular complexity index is 235. The number of carbonyl (C=O) groups excluding carboxylic acids is 2. The van der Waals surface area contributed by atoms with Gasteiger partial charge in [0.25, 0.3) is 0 Å². The van der Waals surface area contributed by atoms with Crippen LogP contribution in [-0.4, -0.2) is 42.2 Å². The van der Waals surface area contributed by atoms with Crippen LogP contribution in [0.1, 0.15) is 19.3 Å². The Labute approximate surface area is 94.3 Å². The molecule has 0 aliphatic carbocycles. The number of hydrogen-bond acceptors (Lipinski definition) is 5. The van der Waals surface area contributed by atoms with Crippen molar-refractivity contribution in [3.8, 4) is 0 Å². The van der Waals surface area contributed by atoms with Gasteiger partial charge in [-0.25, -0.2) is 0 Å². The molecule has 0 heterocycles. The van der Waals surface area contributed by atoms with E-state index in [1.54, 1.807) is 0 Å². The van der Waals surface area contributed by atoms with Gasteiger partial charge in [0.2, 0.25) is 11.8 Å². The van der Waals surface area contributed by atoms with Crippen molar-refractivity contribution >= 4 is 11.8 Å². The van der Waals surface area contributed by atoms with Crippen LogP contribution in [-0.2, 0) is 9.59 Å². The predicted molar refractivity (Wildman–Crippen MR) is 59.1 cm³/mol. The summed E-state index contributed by atoms with van der Waals surface area (Å²) in [5, 5.41) is 11.0. The van der Waals surface area contributed by atoms with Gasteiger partial charge < -0.3 is 27.6 Å². The lowest BCUT2D eigenvalue weighted by atomic mass is 10.1. The van der Waals surface area contributed by atoms with Gasteiger partial charge in [-0.3, -0.25) is 9.59 Å². The van der Waals surface area contributed by atoms with Crippen molar-refractivity contribution in [1.82, 2.24) is 5.32 Å². The van der Waals surface area contributed by atoms with Crippen LogP contribution in [0.2, 0.25) is 0 Å². The Morgan fingerprint density at radius 2 is 1.94 bits per heavy atom. The molecule has 2 amide bonds. The molecule has 94 valence electrons. The lowest BCUT2D eigenvalue weighted by Gasteiger charge is -2.16. The van der Waals surface area contributed by atoms with Gasteiger partial charge in [0, 0.05) is 0 Å². The van der Waals surface area contributed by atoms with Crippen molar-refractivity contribution in [2.45, 2.75) is 31.3 Å². The molecule has 0 aromatic heterocycles. The zero-order valence-corrected chi connectivity index (χ0v) is 9.19. The Morgan fingerprint density at radius 3 is 2.38 bits per heavy atom. The van der Waals surface area contributed by atoms with Crippen molar-refractivity contribution < 1.29 is 14.7 Å². The molecule has 0 fully saturated rings. The quantitative estimate of drug-likeness (QED) is 0.291. The molecule has 0 aliphatic rings. The molecule has 0 rings (SSSR count). The number of primary amides is 1. The van der Waals surface area contributed by atoms with Crippen LogP contribution in [0.5, 0.6) is 0 Å².